The molecule has 2 N–H and O–H groups in total. The standard InChI is InChI=1S/C21H14FN3O3S/c1-2-12-3-4-13-11-25(20(28)15(13)9-12)18(16-10-14(22)5-6-17(16)26)19(27)24-21-23-7-8-29-21/h1,3-10,18,26H,11H2,(H,23,24,27). The van der Waals surface area contributed by atoms with Crippen molar-refractivity contribution < 1.29 is 19.1 Å². The van der Waals surface area contributed by atoms with E-state index in [1.165, 1.54) is 22.4 Å². The van der Waals surface area contributed by atoms with Crippen molar-refractivity contribution in [2.24, 2.45) is 0 Å². The monoisotopic (exact) mass is 407 g/mol. The number of hydrogen-bond acceptors (Lipinski definition) is 5. The molecule has 0 radical (unpaired) electrons. The minimum atomic E-state index is -1.26. The predicted octanol–water partition coefficient (Wildman–Crippen LogP) is 3.30. The number of terminal acetylenes is 1. The summed E-state index contributed by atoms with van der Waals surface area (Å²) < 4.78 is 13.9. The van der Waals surface area contributed by atoms with Gasteiger partial charge in [0.25, 0.3) is 11.8 Å². The van der Waals surface area contributed by atoms with Gasteiger partial charge in [0, 0.05) is 34.8 Å². The summed E-state index contributed by atoms with van der Waals surface area (Å²) in [4.78, 5) is 31.4. The van der Waals surface area contributed by atoms with Crippen molar-refractivity contribution in [1.82, 2.24) is 9.88 Å². The van der Waals surface area contributed by atoms with E-state index in [4.69, 9.17) is 6.42 Å². The van der Waals surface area contributed by atoms with Crippen LogP contribution in [0.15, 0.2) is 48.0 Å². The number of benzene rings is 2. The second-order valence-electron chi connectivity index (χ2n) is 6.38. The summed E-state index contributed by atoms with van der Waals surface area (Å²) >= 11 is 1.20. The van der Waals surface area contributed by atoms with Crippen LogP contribution in [0.3, 0.4) is 0 Å². The Morgan fingerprint density at radius 1 is 1.34 bits per heavy atom. The number of rotatable bonds is 4. The van der Waals surface area contributed by atoms with Crippen LogP contribution in [0.2, 0.25) is 0 Å². The van der Waals surface area contributed by atoms with E-state index < -0.39 is 23.7 Å². The Morgan fingerprint density at radius 3 is 2.90 bits per heavy atom. The second-order valence-corrected chi connectivity index (χ2v) is 7.28. The zero-order valence-corrected chi connectivity index (χ0v) is 15.7. The molecule has 29 heavy (non-hydrogen) atoms. The van der Waals surface area contributed by atoms with Crippen molar-refractivity contribution in [3.05, 3.63) is 76.0 Å². The number of aromatic hydroxyl groups is 1. The molecule has 1 aromatic heterocycles. The molecule has 1 atom stereocenters. The number of fused-ring (bicyclic) bond motifs is 1. The number of aromatic nitrogens is 1. The van der Waals surface area contributed by atoms with Gasteiger partial charge in [-0.1, -0.05) is 12.0 Å². The molecule has 1 aliphatic heterocycles. The summed E-state index contributed by atoms with van der Waals surface area (Å²) in [5.41, 5.74) is 1.59. The lowest BCUT2D eigenvalue weighted by Crippen LogP contribution is -2.37. The lowest BCUT2D eigenvalue weighted by atomic mass is 10.0. The third kappa shape index (κ3) is 3.44. The van der Waals surface area contributed by atoms with Crippen molar-refractivity contribution in [2.45, 2.75) is 12.6 Å². The third-order valence-electron chi connectivity index (χ3n) is 4.62. The highest BCUT2D eigenvalue weighted by molar-refractivity contribution is 7.13. The number of carbonyl (C=O) groups is 2. The number of anilines is 1. The van der Waals surface area contributed by atoms with Gasteiger partial charge in [-0.3, -0.25) is 14.9 Å². The highest BCUT2D eigenvalue weighted by Crippen LogP contribution is 2.36. The minimum Gasteiger partial charge on any atom is -0.508 e. The number of hydrogen-bond donors (Lipinski definition) is 2. The predicted molar refractivity (Wildman–Crippen MR) is 106 cm³/mol. The fraction of sp³-hybridized carbons (Fsp3) is 0.0952. The molecule has 3 aromatic rings. The van der Waals surface area contributed by atoms with E-state index in [0.717, 1.165) is 18.2 Å². The SMILES string of the molecule is C#Cc1ccc2c(c1)C(=O)N(C(C(=O)Nc1nccs1)c1cc(F)ccc1O)C2. The topological polar surface area (TPSA) is 82.5 Å². The van der Waals surface area contributed by atoms with Crippen molar-refractivity contribution in [3.63, 3.8) is 0 Å². The third-order valence-corrected chi connectivity index (χ3v) is 5.30. The van der Waals surface area contributed by atoms with E-state index in [1.807, 2.05) is 0 Å². The van der Waals surface area contributed by atoms with Gasteiger partial charge in [-0.05, 0) is 35.9 Å². The fourth-order valence-electron chi connectivity index (χ4n) is 3.28. The highest BCUT2D eigenvalue weighted by atomic mass is 32.1. The maximum atomic E-state index is 13.9. The summed E-state index contributed by atoms with van der Waals surface area (Å²) in [6, 6.07) is 7.03. The van der Waals surface area contributed by atoms with Gasteiger partial charge in [-0.25, -0.2) is 9.37 Å². The molecule has 4 rings (SSSR count). The number of nitrogens with zero attached hydrogens (tertiary/aromatic N) is 2. The van der Waals surface area contributed by atoms with Crippen LogP contribution in [-0.4, -0.2) is 26.8 Å². The molecule has 6 nitrogen and oxygen atoms in total. The number of nitrogens with one attached hydrogen (secondary N) is 1. The first-order chi connectivity index (χ1) is 14.0. The molecule has 0 saturated carbocycles. The molecule has 144 valence electrons. The first kappa shape index (κ1) is 18.7. The Hall–Kier alpha value is -3.70. The summed E-state index contributed by atoms with van der Waals surface area (Å²) in [6.45, 7) is 0.116. The average molecular weight is 407 g/mol. The maximum Gasteiger partial charge on any atom is 0.255 e. The Kier molecular flexibility index (Phi) is 4.74. The zero-order chi connectivity index (χ0) is 20.5. The van der Waals surface area contributed by atoms with Crippen LogP contribution < -0.4 is 5.32 Å². The van der Waals surface area contributed by atoms with Gasteiger partial charge in [-0.15, -0.1) is 17.8 Å². The van der Waals surface area contributed by atoms with Gasteiger partial charge in [0.2, 0.25) is 0 Å². The van der Waals surface area contributed by atoms with E-state index in [-0.39, 0.29) is 17.9 Å². The van der Waals surface area contributed by atoms with Gasteiger partial charge in [-0.2, -0.15) is 0 Å². The Labute approximate surface area is 169 Å². The van der Waals surface area contributed by atoms with Crippen LogP contribution >= 0.6 is 11.3 Å². The van der Waals surface area contributed by atoms with Crippen molar-refractivity contribution >= 4 is 28.3 Å². The first-order valence-corrected chi connectivity index (χ1v) is 9.45. The lowest BCUT2D eigenvalue weighted by Gasteiger charge is -2.27. The molecule has 1 unspecified atom stereocenters. The van der Waals surface area contributed by atoms with Gasteiger partial charge in [0.1, 0.15) is 17.6 Å². The maximum absolute atomic E-state index is 13.9. The second kappa shape index (κ2) is 7.37. The smallest absolute Gasteiger partial charge is 0.255 e. The number of amides is 2. The Balaban J connectivity index is 1.76. The Morgan fingerprint density at radius 2 is 2.17 bits per heavy atom. The molecule has 8 heteroatoms. The first-order valence-electron chi connectivity index (χ1n) is 8.57. The quantitative estimate of drug-likeness (QED) is 0.650. The summed E-state index contributed by atoms with van der Waals surface area (Å²) in [5, 5.41) is 14.9. The van der Waals surface area contributed by atoms with Crippen LogP contribution in [0.1, 0.15) is 33.1 Å². The van der Waals surface area contributed by atoms with Crippen molar-refractivity contribution in [1.29, 1.82) is 0 Å². The molecule has 1 aliphatic rings. The average Bonchev–Trinajstić information content (AvgIpc) is 3.33. The van der Waals surface area contributed by atoms with E-state index in [2.05, 4.69) is 16.2 Å². The van der Waals surface area contributed by atoms with Gasteiger partial charge < -0.3 is 10.0 Å². The van der Waals surface area contributed by atoms with Crippen LogP contribution in [0.4, 0.5) is 9.52 Å². The van der Waals surface area contributed by atoms with Crippen molar-refractivity contribution in [2.75, 3.05) is 5.32 Å². The molecule has 2 heterocycles. The van der Waals surface area contributed by atoms with E-state index in [1.54, 1.807) is 23.6 Å². The molecule has 0 spiro atoms. The number of phenolic OH excluding ortho intramolecular Hbond substituents is 1. The fourth-order valence-corrected chi connectivity index (χ4v) is 3.81. The zero-order valence-electron chi connectivity index (χ0n) is 14.9. The van der Waals surface area contributed by atoms with Crippen LogP contribution in [0.25, 0.3) is 0 Å². The summed E-state index contributed by atoms with van der Waals surface area (Å²) in [5.74, 6) is 0.505. The molecule has 0 bridgehead atoms. The highest BCUT2D eigenvalue weighted by Gasteiger charge is 2.39. The largest absolute Gasteiger partial charge is 0.508 e. The summed E-state index contributed by atoms with van der Waals surface area (Å²) in [7, 11) is 0. The van der Waals surface area contributed by atoms with Crippen molar-refractivity contribution in [3.8, 4) is 18.1 Å². The van der Waals surface area contributed by atoms with Gasteiger partial charge in [0.15, 0.2) is 5.13 Å². The minimum absolute atomic E-state index is 0.0163. The van der Waals surface area contributed by atoms with Crippen LogP contribution in [0, 0.1) is 18.2 Å². The number of thiazole rings is 1. The molecular formula is C21H14FN3O3S. The van der Waals surface area contributed by atoms with Crippen LogP contribution in [0.5, 0.6) is 5.75 Å². The molecule has 2 amide bonds. The van der Waals surface area contributed by atoms with Crippen LogP contribution in [-0.2, 0) is 11.3 Å². The van der Waals surface area contributed by atoms with E-state index >= 15 is 0 Å². The van der Waals surface area contributed by atoms with E-state index in [9.17, 15) is 19.1 Å². The molecule has 0 aliphatic carbocycles. The Bertz CT molecular complexity index is 1150. The summed E-state index contributed by atoms with van der Waals surface area (Å²) in [6.07, 6.45) is 6.94. The van der Waals surface area contributed by atoms with Gasteiger partial charge in [0.05, 0.1) is 0 Å². The van der Waals surface area contributed by atoms with E-state index in [0.29, 0.717) is 21.8 Å². The number of phenols is 1. The van der Waals surface area contributed by atoms with Gasteiger partial charge >= 0.3 is 0 Å². The molecule has 0 fully saturated rings. The number of halogens is 1. The molecular weight excluding hydrogens is 393 g/mol. The normalized spacial score (nSPS) is 13.7. The lowest BCUT2D eigenvalue weighted by molar-refractivity contribution is -0.120. The number of carbonyl (C=O) groups excluding carboxylic acids is 2. The molecule has 0 saturated heterocycles. The molecule has 2 aromatic carbocycles.